The van der Waals surface area contributed by atoms with Crippen LogP contribution in [0.3, 0.4) is 0 Å². The summed E-state index contributed by atoms with van der Waals surface area (Å²) in [5.74, 6) is 0.579. The van der Waals surface area contributed by atoms with Crippen LogP contribution in [0, 0.1) is 12.3 Å². The number of hydrogen-bond acceptors (Lipinski definition) is 12. The Hall–Kier alpha value is -2.65. The SMILES string of the molecule is C#CCCCCCCCCC(=O)O[C@H](COC(=O)CCCCCCCCCCCCCCC)COP(=O)(O)OC[C@H](N=C([O-])OC(C)(C)C)C(=O)OC(C)(C)C. The van der Waals surface area contributed by atoms with Crippen LogP contribution in [0.4, 0.5) is 0 Å². The van der Waals surface area contributed by atoms with Crippen LogP contribution in [0.1, 0.15) is 190 Å². The molecule has 326 valence electrons. The van der Waals surface area contributed by atoms with Gasteiger partial charge in [-0.25, -0.2) is 9.36 Å². The van der Waals surface area contributed by atoms with Crippen LogP contribution >= 0.6 is 7.82 Å². The number of terminal acetylenes is 1. The van der Waals surface area contributed by atoms with E-state index in [1.165, 1.54) is 57.8 Å². The lowest BCUT2D eigenvalue weighted by atomic mass is 10.0. The van der Waals surface area contributed by atoms with Crippen molar-refractivity contribution in [2.75, 3.05) is 19.8 Å². The number of aliphatic imine (C=N–C) groups is 1. The lowest BCUT2D eigenvalue weighted by Gasteiger charge is -2.30. The standard InChI is InChI=1S/C42H76NO12P/c1-9-11-13-15-17-19-20-21-22-23-25-26-28-30-37(44)50-32-35(53-38(45)31-29-27-24-18-16-14-12-10-2)33-51-56(48,49)52-34-36(39(46)54-41(3,4)5)43-40(47)55-42(6,7)8/h2,35-36H,9,11-34H2,1,3-8H3,(H,43,47)(H,48,49)/p-1/t35-,36+/m1/s1. The van der Waals surface area contributed by atoms with Gasteiger partial charge in [-0.3, -0.25) is 23.6 Å². The number of rotatable bonds is 33. The summed E-state index contributed by atoms with van der Waals surface area (Å²) >= 11 is 0. The summed E-state index contributed by atoms with van der Waals surface area (Å²) in [4.78, 5) is 52.2. The number of phosphoric acid groups is 1. The molecule has 0 radical (unpaired) electrons. The third-order valence-corrected chi connectivity index (χ3v) is 9.27. The van der Waals surface area contributed by atoms with Gasteiger partial charge in [0, 0.05) is 24.9 Å². The van der Waals surface area contributed by atoms with E-state index < -0.39 is 75.0 Å². The van der Waals surface area contributed by atoms with E-state index >= 15 is 0 Å². The van der Waals surface area contributed by atoms with E-state index in [1.807, 2.05) is 0 Å². The number of ether oxygens (including phenoxy) is 4. The molecule has 0 heterocycles. The lowest BCUT2D eigenvalue weighted by molar-refractivity contribution is -0.261. The fourth-order valence-electron chi connectivity index (χ4n) is 5.43. The van der Waals surface area contributed by atoms with Crippen molar-refractivity contribution >= 4 is 31.8 Å². The molecule has 0 rings (SSSR count). The van der Waals surface area contributed by atoms with Crippen molar-refractivity contribution < 1.29 is 56.9 Å². The highest BCUT2D eigenvalue weighted by Crippen LogP contribution is 2.43. The van der Waals surface area contributed by atoms with Crippen LogP contribution in [0.15, 0.2) is 4.99 Å². The van der Waals surface area contributed by atoms with Crippen LogP contribution < -0.4 is 5.11 Å². The second-order valence-electron chi connectivity index (χ2n) is 16.3. The van der Waals surface area contributed by atoms with E-state index in [-0.39, 0.29) is 12.8 Å². The highest BCUT2D eigenvalue weighted by atomic mass is 31.2. The van der Waals surface area contributed by atoms with Crippen molar-refractivity contribution in [2.45, 2.75) is 213 Å². The van der Waals surface area contributed by atoms with Crippen molar-refractivity contribution in [3.8, 4) is 12.3 Å². The lowest BCUT2D eigenvalue weighted by Crippen LogP contribution is -2.38. The maximum atomic E-state index is 12.9. The molecule has 56 heavy (non-hydrogen) atoms. The Kier molecular flexibility index (Phi) is 29.9. The number of esters is 3. The van der Waals surface area contributed by atoms with Crippen molar-refractivity contribution in [1.29, 1.82) is 0 Å². The maximum absolute atomic E-state index is 12.9. The molecule has 0 bridgehead atoms. The van der Waals surface area contributed by atoms with Gasteiger partial charge in [-0.15, -0.1) is 12.3 Å². The average molecular weight is 817 g/mol. The Labute approximate surface area is 338 Å². The first kappa shape index (κ1) is 53.4. The monoisotopic (exact) mass is 817 g/mol. The Bertz CT molecular complexity index is 1190. The van der Waals surface area contributed by atoms with Gasteiger partial charge in [0.05, 0.1) is 13.2 Å². The van der Waals surface area contributed by atoms with Crippen molar-refractivity contribution in [2.24, 2.45) is 4.99 Å². The molecule has 0 fully saturated rings. The first-order valence-corrected chi connectivity index (χ1v) is 22.4. The zero-order valence-electron chi connectivity index (χ0n) is 35.7. The molecular formula is C42H75NO12P-. The summed E-state index contributed by atoms with van der Waals surface area (Å²) in [6, 6.07) is -1.65. The molecule has 0 aromatic heterocycles. The number of hydrogen-bond donors (Lipinski definition) is 1. The third-order valence-electron chi connectivity index (χ3n) is 8.32. The summed E-state index contributed by atoms with van der Waals surface area (Å²) < 4.78 is 44.3. The molecule has 0 aliphatic rings. The molecule has 3 atom stereocenters. The Balaban J connectivity index is 5.13. The molecule has 14 heteroatoms. The van der Waals surface area contributed by atoms with E-state index in [0.29, 0.717) is 12.8 Å². The molecule has 0 aliphatic carbocycles. The number of carbonyl (C=O) groups is 3. The second kappa shape index (κ2) is 31.4. The molecule has 0 amide bonds. The van der Waals surface area contributed by atoms with E-state index in [2.05, 4.69) is 17.8 Å². The zero-order chi connectivity index (χ0) is 42.3. The zero-order valence-corrected chi connectivity index (χ0v) is 36.6. The smallest absolute Gasteiger partial charge is 0.472 e. The molecule has 0 saturated carbocycles. The van der Waals surface area contributed by atoms with Gasteiger partial charge < -0.3 is 28.9 Å². The van der Waals surface area contributed by atoms with Crippen LogP contribution in [-0.2, 0) is 46.9 Å². The quantitative estimate of drug-likeness (QED) is 0.0127. The summed E-state index contributed by atoms with van der Waals surface area (Å²) in [6.45, 7) is 9.97. The molecule has 0 aliphatic heterocycles. The van der Waals surface area contributed by atoms with Gasteiger partial charge in [-0.2, -0.15) is 0 Å². The van der Waals surface area contributed by atoms with Crippen LogP contribution in [-0.4, -0.2) is 72.1 Å². The predicted octanol–water partition coefficient (Wildman–Crippen LogP) is 9.05. The highest BCUT2D eigenvalue weighted by molar-refractivity contribution is 7.47. The summed E-state index contributed by atoms with van der Waals surface area (Å²) in [5, 5.41) is 12.3. The van der Waals surface area contributed by atoms with Crippen LogP contribution in [0.5, 0.6) is 0 Å². The number of carbonyl (C=O) groups excluding carboxylic acids is 3. The predicted molar refractivity (Wildman–Crippen MR) is 217 cm³/mol. The van der Waals surface area contributed by atoms with E-state index in [4.69, 9.17) is 34.4 Å². The Morgan fingerprint density at radius 3 is 1.61 bits per heavy atom. The van der Waals surface area contributed by atoms with Crippen molar-refractivity contribution in [3.05, 3.63) is 0 Å². The van der Waals surface area contributed by atoms with E-state index in [0.717, 1.165) is 57.8 Å². The number of unbranched alkanes of at least 4 members (excludes halogenated alkanes) is 18. The molecule has 0 spiro atoms. The third kappa shape index (κ3) is 34.6. The number of nitrogens with zero attached hydrogens (tertiary/aromatic N) is 1. The van der Waals surface area contributed by atoms with Gasteiger partial charge in [0.1, 0.15) is 18.3 Å². The molecule has 0 aromatic rings. The summed E-state index contributed by atoms with van der Waals surface area (Å²) in [7, 11) is -4.92. The van der Waals surface area contributed by atoms with Gasteiger partial charge in [0.15, 0.2) is 12.1 Å². The van der Waals surface area contributed by atoms with Crippen molar-refractivity contribution in [1.82, 2.24) is 0 Å². The van der Waals surface area contributed by atoms with Gasteiger partial charge in [-0.05, 0) is 40.0 Å². The first-order chi connectivity index (χ1) is 26.4. The number of phosphoric ester groups is 1. The molecule has 1 unspecified atom stereocenters. The van der Waals surface area contributed by atoms with Gasteiger partial charge in [0.2, 0.25) is 0 Å². The molecule has 1 N–H and O–H groups in total. The topological polar surface area (TPSA) is 179 Å². The second-order valence-corrected chi connectivity index (χ2v) is 17.8. The molecule has 0 saturated heterocycles. The van der Waals surface area contributed by atoms with Crippen molar-refractivity contribution in [3.63, 3.8) is 0 Å². The fraction of sp³-hybridized carbons (Fsp3) is 0.857. The minimum atomic E-state index is -4.92. The molecule has 0 aromatic carbocycles. The first-order valence-electron chi connectivity index (χ1n) is 20.9. The van der Waals surface area contributed by atoms with Crippen LogP contribution in [0.2, 0.25) is 0 Å². The fourth-order valence-corrected chi connectivity index (χ4v) is 6.19. The van der Waals surface area contributed by atoms with E-state index in [9.17, 15) is 28.9 Å². The van der Waals surface area contributed by atoms with E-state index in [1.54, 1.807) is 41.5 Å². The normalized spacial score (nSPS) is 14.3. The van der Waals surface area contributed by atoms with Crippen LogP contribution in [0.25, 0.3) is 0 Å². The Morgan fingerprint density at radius 1 is 0.679 bits per heavy atom. The van der Waals surface area contributed by atoms with Gasteiger partial charge in [-0.1, -0.05) is 130 Å². The summed E-state index contributed by atoms with van der Waals surface area (Å²) in [6.07, 6.45) is 24.7. The maximum Gasteiger partial charge on any atom is 0.472 e. The molecular weight excluding hydrogens is 741 g/mol. The minimum absolute atomic E-state index is 0.102. The largest absolute Gasteiger partial charge is 0.595 e. The average Bonchev–Trinajstić information content (AvgIpc) is 3.09. The van der Waals surface area contributed by atoms with Gasteiger partial charge in [0.25, 0.3) is 0 Å². The minimum Gasteiger partial charge on any atom is -0.595 e. The Morgan fingerprint density at radius 2 is 1.12 bits per heavy atom. The summed E-state index contributed by atoms with van der Waals surface area (Å²) in [5.41, 5.74) is -1.87. The van der Waals surface area contributed by atoms with Gasteiger partial charge >= 0.3 is 25.7 Å². The molecule has 13 nitrogen and oxygen atoms in total. The highest BCUT2D eigenvalue weighted by Gasteiger charge is 2.31.